The minimum atomic E-state index is -0.319. The monoisotopic (exact) mass is 308 g/mol. The van der Waals surface area contributed by atoms with Gasteiger partial charge in [0.2, 0.25) is 5.76 Å². The number of furan rings is 1. The zero-order chi connectivity index (χ0) is 13.1. The third-order valence-corrected chi connectivity index (χ3v) is 3.10. The van der Waals surface area contributed by atoms with Crippen molar-refractivity contribution in [3.63, 3.8) is 0 Å². The Balaban J connectivity index is 2.11. The van der Waals surface area contributed by atoms with E-state index in [1.54, 1.807) is 18.2 Å². The average Bonchev–Trinajstić information content (AvgIpc) is 2.80. The molecule has 0 amide bonds. The van der Waals surface area contributed by atoms with Crippen LogP contribution in [0.3, 0.4) is 0 Å². The van der Waals surface area contributed by atoms with E-state index in [1.165, 1.54) is 6.07 Å². The Kier molecular flexibility index (Phi) is 3.68. The number of hydrogen-bond acceptors (Lipinski definition) is 3. The largest absolute Gasteiger partial charge is 0.449 e. The maximum absolute atomic E-state index is 13.4. The van der Waals surface area contributed by atoms with E-state index in [2.05, 4.69) is 21.2 Å². The number of nitriles is 1. The van der Waals surface area contributed by atoms with Gasteiger partial charge in [-0.25, -0.2) is 4.39 Å². The molecule has 0 aliphatic carbocycles. The lowest BCUT2D eigenvalue weighted by molar-refractivity contribution is 0.506. The maximum atomic E-state index is 13.4. The maximum Gasteiger partial charge on any atom is 0.203 e. The second-order valence-electron chi connectivity index (χ2n) is 3.81. The summed E-state index contributed by atoms with van der Waals surface area (Å²) < 4.78 is 19.1. The summed E-state index contributed by atoms with van der Waals surface area (Å²) in [5.74, 6) is 0.583. The van der Waals surface area contributed by atoms with Gasteiger partial charge in [-0.1, -0.05) is 0 Å². The van der Waals surface area contributed by atoms with E-state index in [-0.39, 0.29) is 11.6 Å². The molecule has 0 unspecified atom stereocenters. The lowest BCUT2D eigenvalue weighted by atomic mass is 10.2. The van der Waals surface area contributed by atoms with Gasteiger partial charge < -0.3 is 9.73 Å². The number of hydrogen-bond donors (Lipinski definition) is 1. The number of nitrogens with one attached hydrogen (secondary N) is 1. The van der Waals surface area contributed by atoms with E-state index >= 15 is 0 Å². The predicted molar refractivity (Wildman–Crippen MR) is 69.6 cm³/mol. The van der Waals surface area contributed by atoms with E-state index < -0.39 is 0 Å². The van der Waals surface area contributed by atoms with Gasteiger partial charge in [-0.2, -0.15) is 5.26 Å². The fraction of sp³-hybridized carbons (Fsp3) is 0.154. The molecule has 0 atom stereocenters. The summed E-state index contributed by atoms with van der Waals surface area (Å²) in [6.07, 6.45) is 0. The number of anilines is 1. The van der Waals surface area contributed by atoms with Gasteiger partial charge in [0.25, 0.3) is 0 Å². The highest BCUT2D eigenvalue weighted by Gasteiger charge is 2.06. The molecule has 1 aromatic carbocycles. The topological polar surface area (TPSA) is 49.0 Å². The van der Waals surface area contributed by atoms with Crippen molar-refractivity contribution in [3.05, 3.63) is 51.6 Å². The molecule has 2 rings (SSSR count). The molecule has 0 radical (unpaired) electrons. The van der Waals surface area contributed by atoms with Crippen molar-refractivity contribution in [2.45, 2.75) is 13.5 Å². The van der Waals surface area contributed by atoms with Crippen LogP contribution in [0.1, 0.15) is 17.1 Å². The molecule has 0 bridgehead atoms. The number of aryl methyl sites for hydroxylation is 1. The van der Waals surface area contributed by atoms with Gasteiger partial charge in [-0.3, -0.25) is 0 Å². The van der Waals surface area contributed by atoms with Crippen LogP contribution in [-0.4, -0.2) is 0 Å². The molecular formula is C13H10BrFN2O. The molecule has 92 valence electrons. The lowest BCUT2D eigenvalue weighted by Gasteiger charge is -2.09. The second-order valence-corrected chi connectivity index (χ2v) is 4.67. The van der Waals surface area contributed by atoms with Crippen molar-refractivity contribution >= 4 is 21.6 Å². The fourth-order valence-corrected chi connectivity index (χ4v) is 2.01. The van der Waals surface area contributed by atoms with Crippen LogP contribution >= 0.6 is 15.9 Å². The first-order valence-corrected chi connectivity index (χ1v) is 6.08. The molecular weight excluding hydrogens is 299 g/mol. The van der Waals surface area contributed by atoms with Crippen LogP contribution in [0, 0.1) is 24.1 Å². The van der Waals surface area contributed by atoms with Gasteiger partial charge in [-0.05, 0) is 52.7 Å². The van der Waals surface area contributed by atoms with Crippen LogP contribution in [-0.2, 0) is 6.54 Å². The van der Waals surface area contributed by atoms with E-state index in [4.69, 9.17) is 9.68 Å². The predicted octanol–water partition coefficient (Wildman–Crippen LogP) is 3.97. The Hall–Kier alpha value is -1.80. The first-order chi connectivity index (χ1) is 8.60. The summed E-state index contributed by atoms with van der Waals surface area (Å²) in [5, 5.41) is 11.7. The highest BCUT2D eigenvalue weighted by molar-refractivity contribution is 9.10. The Morgan fingerprint density at radius 2 is 2.22 bits per heavy atom. The van der Waals surface area contributed by atoms with E-state index in [1.807, 2.05) is 13.0 Å². The summed E-state index contributed by atoms with van der Waals surface area (Å²) in [6.45, 7) is 2.29. The molecule has 0 saturated heterocycles. The van der Waals surface area contributed by atoms with E-state index in [0.717, 1.165) is 5.56 Å². The van der Waals surface area contributed by atoms with Gasteiger partial charge in [0.05, 0.1) is 11.0 Å². The minimum absolute atomic E-state index is 0.269. The van der Waals surface area contributed by atoms with Gasteiger partial charge in [0.15, 0.2) is 0 Å². The summed E-state index contributed by atoms with van der Waals surface area (Å²) in [6, 6.07) is 8.37. The normalized spacial score (nSPS) is 10.1. The van der Waals surface area contributed by atoms with Gasteiger partial charge in [0.1, 0.15) is 17.6 Å². The Morgan fingerprint density at radius 1 is 1.44 bits per heavy atom. The minimum Gasteiger partial charge on any atom is -0.449 e. The Labute approximate surface area is 112 Å². The van der Waals surface area contributed by atoms with Gasteiger partial charge in [0, 0.05) is 5.69 Å². The van der Waals surface area contributed by atoms with Gasteiger partial charge in [-0.15, -0.1) is 0 Å². The molecule has 18 heavy (non-hydrogen) atoms. The number of benzene rings is 1. The smallest absolute Gasteiger partial charge is 0.203 e. The highest BCUT2D eigenvalue weighted by Crippen LogP contribution is 2.24. The molecule has 0 fully saturated rings. The van der Waals surface area contributed by atoms with Gasteiger partial charge >= 0.3 is 0 Å². The zero-order valence-electron chi connectivity index (χ0n) is 9.63. The van der Waals surface area contributed by atoms with Crippen LogP contribution < -0.4 is 5.32 Å². The van der Waals surface area contributed by atoms with Crippen molar-refractivity contribution in [1.29, 1.82) is 5.26 Å². The first-order valence-electron chi connectivity index (χ1n) is 5.28. The number of halogens is 2. The molecule has 0 aliphatic heterocycles. The Morgan fingerprint density at radius 3 is 2.89 bits per heavy atom. The Bertz CT molecular complexity index is 616. The summed E-state index contributed by atoms with van der Waals surface area (Å²) in [7, 11) is 0. The SMILES string of the molecule is Cc1cc(Br)c(F)cc1NCc1ccc(C#N)o1. The fourth-order valence-electron chi connectivity index (χ4n) is 1.55. The van der Waals surface area contributed by atoms with Crippen LogP contribution in [0.4, 0.5) is 10.1 Å². The molecule has 0 aliphatic rings. The summed E-state index contributed by atoms with van der Waals surface area (Å²) >= 11 is 3.13. The van der Waals surface area contributed by atoms with Crippen molar-refractivity contribution in [2.75, 3.05) is 5.32 Å². The molecule has 3 nitrogen and oxygen atoms in total. The summed E-state index contributed by atoms with van der Waals surface area (Å²) in [5.41, 5.74) is 1.63. The molecule has 2 aromatic rings. The van der Waals surface area contributed by atoms with Crippen molar-refractivity contribution < 1.29 is 8.81 Å². The highest BCUT2D eigenvalue weighted by atomic mass is 79.9. The standard InChI is InChI=1S/C13H10BrFN2O/c1-8-4-11(14)12(15)5-13(8)17-7-10-3-2-9(6-16)18-10/h2-5,17H,7H2,1H3. The van der Waals surface area contributed by atoms with Crippen molar-refractivity contribution in [1.82, 2.24) is 0 Å². The number of rotatable bonds is 3. The van der Waals surface area contributed by atoms with E-state index in [9.17, 15) is 4.39 Å². The first kappa shape index (κ1) is 12.7. The van der Waals surface area contributed by atoms with Crippen LogP contribution in [0.5, 0.6) is 0 Å². The van der Waals surface area contributed by atoms with Crippen LogP contribution in [0.25, 0.3) is 0 Å². The zero-order valence-corrected chi connectivity index (χ0v) is 11.2. The molecule has 1 aromatic heterocycles. The summed E-state index contributed by atoms with van der Waals surface area (Å²) in [4.78, 5) is 0. The van der Waals surface area contributed by atoms with Crippen molar-refractivity contribution in [3.8, 4) is 6.07 Å². The molecule has 5 heteroatoms. The average molecular weight is 309 g/mol. The third-order valence-electron chi connectivity index (χ3n) is 2.49. The second kappa shape index (κ2) is 5.23. The van der Waals surface area contributed by atoms with Crippen LogP contribution in [0.15, 0.2) is 33.2 Å². The number of nitrogens with zero attached hydrogens (tertiary/aromatic N) is 1. The quantitative estimate of drug-likeness (QED) is 0.933. The lowest BCUT2D eigenvalue weighted by Crippen LogP contribution is -2.00. The van der Waals surface area contributed by atoms with E-state index in [0.29, 0.717) is 22.5 Å². The molecule has 1 heterocycles. The molecule has 0 spiro atoms. The van der Waals surface area contributed by atoms with Crippen molar-refractivity contribution in [2.24, 2.45) is 0 Å². The van der Waals surface area contributed by atoms with Crippen LogP contribution in [0.2, 0.25) is 0 Å². The molecule has 0 saturated carbocycles. The third kappa shape index (κ3) is 2.71. The molecule has 1 N–H and O–H groups in total.